The Kier molecular flexibility index (Phi) is 10.4. The molecule has 0 aliphatic carbocycles. The van der Waals surface area contributed by atoms with E-state index in [2.05, 4.69) is 204 Å². The molecule has 0 radical (unpaired) electrons. The highest BCUT2D eigenvalue weighted by atomic mass is 32.2. The van der Waals surface area contributed by atoms with E-state index in [0.29, 0.717) is 5.95 Å². The van der Waals surface area contributed by atoms with E-state index in [1.807, 2.05) is 54.2 Å². The second-order valence-corrected chi connectivity index (χ2v) is 16.9. The van der Waals surface area contributed by atoms with Gasteiger partial charge in [0, 0.05) is 49.6 Å². The topological polar surface area (TPSA) is 34.0 Å². The number of benzene rings is 8. The van der Waals surface area contributed by atoms with E-state index < -0.39 is 0 Å². The molecule has 304 valence electrons. The number of nitrogens with zero attached hydrogens (tertiary/aromatic N) is 4. The Balaban J connectivity index is 0.947. The molecule has 1 aliphatic rings. The zero-order valence-electron chi connectivity index (χ0n) is 35.1. The minimum Gasteiger partial charge on any atom is -0.309 e. The predicted molar refractivity (Wildman–Crippen MR) is 271 cm³/mol. The number of hydrogen-bond donors (Lipinski definition) is 0. The Morgan fingerprint density at radius 2 is 1.03 bits per heavy atom. The van der Waals surface area contributed by atoms with Crippen LogP contribution in [0.4, 0.5) is 17.3 Å². The van der Waals surface area contributed by atoms with Gasteiger partial charge < -0.3 is 4.57 Å². The molecule has 0 amide bonds. The molecule has 2 aromatic heterocycles. The van der Waals surface area contributed by atoms with Crippen molar-refractivity contribution in [3.63, 3.8) is 0 Å². The Hall–Kier alpha value is -7.99. The molecule has 64 heavy (non-hydrogen) atoms. The molecule has 0 spiro atoms. The molecule has 1 aliphatic heterocycles. The number of aromatic nitrogens is 3. The first-order valence-corrected chi connectivity index (χ1v) is 22.5. The predicted octanol–water partition coefficient (Wildman–Crippen LogP) is 15.9. The normalized spacial score (nSPS) is 13.5. The van der Waals surface area contributed by atoms with Crippen LogP contribution in [0, 0.1) is 0 Å². The number of rotatable bonds is 8. The summed E-state index contributed by atoms with van der Waals surface area (Å²) in [6.07, 6.45) is 8.46. The van der Waals surface area contributed by atoms with Crippen molar-refractivity contribution in [1.82, 2.24) is 14.5 Å². The molecule has 4 nitrogen and oxygen atoms in total. The summed E-state index contributed by atoms with van der Waals surface area (Å²) < 4.78 is 2.38. The minimum absolute atomic E-state index is 0.602. The maximum Gasteiger partial charge on any atom is 0.235 e. The summed E-state index contributed by atoms with van der Waals surface area (Å²) in [5.41, 5.74) is 16.1. The highest BCUT2D eigenvalue weighted by molar-refractivity contribution is 7.99. The Morgan fingerprint density at radius 1 is 0.469 bits per heavy atom. The number of para-hydroxylation sites is 2. The van der Waals surface area contributed by atoms with Gasteiger partial charge in [0.1, 0.15) is 0 Å². The summed E-state index contributed by atoms with van der Waals surface area (Å²) in [7, 11) is 0. The van der Waals surface area contributed by atoms with E-state index in [9.17, 15) is 0 Å². The van der Waals surface area contributed by atoms with Gasteiger partial charge in [-0.05, 0) is 106 Å². The fourth-order valence-electron chi connectivity index (χ4n) is 8.66. The largest absolute Gasteiger partial charge is 0.309 e. The maximum atomic E-state index is 5.20. The van der Waals surface area contributed by atoms with Crippen LogP contribution in [-0.4, -0.2) is 20.3 Å². The number of hydrogen-bond acceptors (Lipinski definition) is 4. The molecule has 0 bridgehead atoms. The lowest BCUT2D eigenvalue weighted by molar-refractivity contribution is 1.09. The number of allylic oxidation sites excluding steroid dienone is 4. The summed E-state index contributed by atoms with van der Waals surface area (Å²) in [6.45, 7) is 4.38. The van der Waals surface area contributed by atoms with Crippen LogP contribution in [0.1, 0.15) is 5.56 Å². The van der Waals surface area contributed by atoms with Crippen LogP contribution in [-0.2, 0) is 0 Å². The standard InChI is InChI=1S/C59H42N4S/c1-41-16-6-5-15-37-64-58-36-30-47(38-52(41)58)43-27-33-50(34-28-43)63-56-24-14-13-23-51(56)53-39-46(29-35-57(53)63)42-25-31-49(32-26-42)62(48-21-11-4-12-22-48)59-60-54(44-17-7-2-8-18-44)40-55(61-59)45-19-9-3-10-20-45/h2-36,38-40H,1,37H2/b15-5-,16-6-. The summed E-state index contributed by atoms with van der Waals surface area (Å²) in [5.74, 6) is 1.54. The van der Waals surface area contributed by atoms with E-state index in [1.54, 1.807) is 0 Å². The van der Waals surface area contributed by atoms with Crippen molar-refractivity contribution >= 4 is 56.5 Å². The molecule has 10 aromatic rings. The van der Waals surface area contributed by atoms with Gasteiger partial charge in [0.15, 0.2) is 0 Å². The maximum absolute atomic E-state index is 5.20. The van der Waals surface area contributed by atoms with Gasteiger partial charge in [-0.2, -0.15) is 0 Å². The fourth-order valence-corrected chi connectivity index (χ4v) is 9.56. The van der Waals surface area contributed by atoms with Crippen LogP contribution < -0.4 is 4.90 Å². The van der Waals surface area contributed by atoms with Gasteiger partial charge in [-0.15, -0.1) is 11.8 Å². The third kappa shape index (κ3) is 7.53. The van der Waals surface area contributed by atoms with Crippen LogP contribution in [0.15, 0.2) is 242 Å². The van der Waals surface area contributed by atoms with Gasteiger partial charge in [0.2, 0.25) is 5.95 Å². The van der Waals surface area contributed by atoms with Crippen LogP contribution in [0.3, 0.4) is 0 Å². The van der Waals surface area contributed by atoms with Crippen molar-refractivity contribution in [1.29, 1.82) is 0 Å². The molecule has 8 aromatic carbocycles. The molecule has 0 unspecified atom stereocenters. The average Bonchev–Trinajstić information content (AvgIpc) is 3.73. The van der Waals surface area contributed by atoms with Crippen molar-refractivity contribution in [2.24, 2.45) is 0 Å². The Labute approximate surface area is 377 Å². The monoisotopic (exact) mass is 838 g/mol. The molecular formula is C59H42N4S. The smallest absolute Gasteiger partial charge is 0.235 e. The van der Waals surface area contributed by atoms with Crippen molar-refractivity contribution in [3.05, 3.63) is 243 Å². The Morgan fingerprint density at radius 3 is 1.73 bits per heavy atom. The molecular weight excluding hydrogens is 797 g/mol. The summed E-state index contributed by atoms with van der Waals surface area (Å²) in [5, 5.41) is 2.43. The highest BCUT2D eigenvalue weighted by Crippen LogP contribution is 2.40. The first-order valence-electron chi connectivity index (χ1n) is 21.5. The number of anilines is 3. The van der Waals surface area contributed by atoms with Crippen LogP contribution >= 0.6 is 11.8 Å². The van der Waals surface area contributed by atoms with Crippen molar-refractivity contribution < 1.29 is 0 Å². The first kappa shape index (κ1) is 38.9. The molecule has 0 saturated carbocycles. The quantitative estimate of drug-likeness (QED) is 0.153. The second-order valence-electron chi connectivity index (χ2n) is 15.9. The fraction of sp³-hybridized carbons (Fsp3) is 0.0169. The molecule has 11 rings (SSSR count). The van der Waals surface area contributed by atoms with Gasteiger partial charge in [0.05, 0.1) is 22.4 Å². The van der Waals surface area contributed by atoms with E-state index in [1.165, 1.54) is 43.4 Å². The van der Waals surface area contributed by atoms with Crippen molar-refractivity contribution in [2.75, 3.05) is 10.7 Å². The molecule has 0 saturated heterocycles. The first-order chi connectivity index (χ1) is 31.6. The third-order valence-electron chi connectivity index (χ3n) is 11.9. The Bertz CT molecular complexity index is 3310. The van der Waals surface area contributed by atoms with E-state index >= 15 is 0 Å². The highest BCUT2D eigenvalue weighted by Gasteiger charge is 2.20. The lowest BCUT2D eigenvalue weighted by Crippen LogP contribution is -2.14. The van der Waals surface area contributed by atoms with E-state index in [0.717, 1.165) is 62.0 Å². The van der Waals surface area contributed by atoms with Gasteiger partial charge in [0.25, 0.3) is 0 Å². The lowest BCUT2D eigenvalue weighted by Gasteiger charge is -2.24. The second kappa shape index (κ2) is 17.1. The number of thioether (sulfide) groups is 1. The SMILES string of the molecule is C=C1/C=C\C=C/CSc2ccc(-c3ccc(-n4c5ccccc5c5cc(-c6ccc(N(c7ccccc7)c7nc(-c8ccccc8)cc(-c8ccccc8)n7)cc6)ccc54)cc3)cc21. The molecule has 0 N–H and O–H groups in total. The summed E-state index contributed by atoms with van der Waals surface area (Å²) >= 11 is 1.85. The zero-order valence-corrected chi connectivity index (χ0v) is 35.9. The lowest BCUT2D eigenvalue weighted by atomic mass is 9.99. The van der Waals surface area contributed by atoms with Crippen LogP contribution in [0.5, 0.6) is 0 Å². The van der Waals surface area contributed by atoms with Gasteiger partial charge >= 0.3 is 0 Å². The average molecular weight is 839 g/mol. The van der Waals surface area contributed by atoms with E-state index in [4.69, 9.17) is 9.97 Å². The number of fused-ring (bicyclic) bond motifs is 4. The molecule has 5 heteroatoms. The summed E-state index contributed by atoms with van der Waals surface area (Å²) in [6, 6.07) is 73.1. The molecule has 0 atom stereocenters. The van der Waals surface area contributed by atoms with E-state index in [-0.39, 0.29) is 0 Å². The van der Waals surface area contributed by atoms with Gasteiger partial charge in [-0.1, -0.05) is 164 Å². The summed E-state index contributed by atoms with van der Waals surface area (Å²) in [4.78, 5) is 13.8. The molecule has 3 heterocycles. The van der Waals surface area contributed by atoms with Crippen molar-refractivity contribution in [2.45, 2.75) is 4.90 Å². The van der Waals surface area contributed by atoms with Crippen molar-refractivity contribution in [3.8, 4) is 50.5 Å². The van der Waals surface area contributed by atoms with Crippen LogP contribution in [0.25, 0.3) is 77.8 Å². The van der Waals surface area contributed by atoms with Gasteiger partial charge in [-0.25, -0.2) is 9.97 Å². The third-order valence-corrected chi connectivity index (χ3v) is 12.9. The van der Waals surface area contributed by atoms with Crippen LogP contribution in [0.2, 0.25) is 0 Å². The zero-order chi connectivity index (χ0) is 42.8. The molecule has 0 fully saturated rings. The minimum atomic E-state index is 0.602. The van der Waals surface area contributed by atoms with Gasteiger partial charge in [-0.3, -0.25) is 4.90 Å².